The van der Waals surface area contributed by atoms with Crippen LogP contribution in [0.15, 0.2) is 23.1 Å². The molecule has 0 aliphatic rings. The van der Waals surface area contributed by atoms with Crippen molar-refractivity contribution >= 4 is 52.5 Å². The molecule has 82 valence electrons. The van der Waals surface area contributed by atoms with Gasteiger partial charge in [0.15, 0.2) is 0 Å². The quantitative estimate of drug-likeness (QED) is 0.676. The largest absolute Gasteiger partial charge is 0.480 e. The lowest BCUT2D eigenvalue weighted by atomic mass is 10.4. The first-order valence-electron chi connectivity index (χ1n) is 3.95. The van der Waals surface area contributed by atoms with Crippen LogP contribution in [-0.2, 0) is 4.79 Å². The molecule has 0 heterocycles. The number of hydrogen-bond acceptors (Lipinski definition) is 2. The molecule has 1 N–H and O–H groups in total. The number of benzene rings is 1. The summed E-state index contributed by atoms with van der Waals surface area (Å²) in [5.74, 6) is -0.737. The fraction of sp³-hybridized carbons (Fsp3) is 0.222. The van der Waals surface area contributed by atoms with Gasteiger partial charge in [-0.2, -0.15) is 0 Å². The van der Waals surface area contributed by atoms with Crippen molar-refractivity contribution in [2.45, 2.75) is 10.3 Å². The van der Waals surface area contributed by atoms with Crippen LogP contribution in [-0.4, -0.2) is 22.2 Å². The number of carbonyl (C=O) groups is 1. The molecule has 0 aromatic heterocycles. The Labute approximate surface area is 107 Å². The van der Waals surface area contributed by atoms with Gasteiger partial charge in [-0.05, 0) is 18.2 Å². The standard InChI is InChI=1S/C9H7Cl3O2S/c10-6-2-1-5(3-7(6)11)15-4-8(12)9(13)14/h1-3,8H,4H2,(H,13,14). The summed E-state index contributed by atoms with van der Waals surface area (Å²) < 4.78 is 0. The highest BCUT2D eigenvalue weighted by Crippen LogP contribution is 2.28. The summed E-state index contributed by atoms with van der Waals surface area (Å²) in [7, 11) is 0. The van der Waals surface area contributed by atoms with Crippen LogP contribution in [0.25, 0.3) is 0 Å². The Hall–Kier alpha value is -0.0900. The first-order valence-corrected chi connectivity index (χ1v) is 6.13. The summed E-state index contributed by atoms with van der Waals surface area (Å²) in [6.07, 6.45) is 0. The monoisotopic (exact) mass is 284 g/mol. The number of carboxylic acid groups (broad SMARTS) is 1. The van der Waals surface area contributed by atoms with E-state index >= 15 is 0 Å². The lowest BCUT2D eigenvalue weighted by Gasteiger charge is -2.05. The Bertz CT molecular complexity index is 370. The zero-order valence-corrected chi connectivity index (χ0v) is 10.5. The minimum Gasteiger partial charge on any atom is -0.480 e. The lowest BCUT2D eigenvalue weighted by Crippen LogP contribution is -2.15. The molecule has 1 atom stereocenters. The third kappa shape index (κ3) is 4.11. The van der Waals surface area contributed by atoms with Crippen LogP contribution in [0.2, 0.25) is 10.0 Å². The third-order valence-electron chi connectivity index (χ3n) is 1.56. The van der Waals surface area contributed by atoms with E-state index in [1.165, 1.54) is 11.8 Å². The fourth-order valence-electron chi connectivity index (χ4n) is 0.807. The molecule has 0 saturated carbocycles. The van der Waals surface area contributed by atoms with Crippen molar-refractivity contribution in [2.75, 3.05) is 5.75 Å². The minimum absolute atomic E-state index is 0.287. The van der Waals surface area contributed by atoms with Crippen molar-refractivity contribution in [3.63, 3.8) is 0 Å². The zero-order valence-electron chi connectivity index (χ0n) is 7.41. The second-order valence-electron chi connectivity index (χ2n) is 2.69. The number of carboxylic acids is 1. The zero-order chi connectivity index (χ0) is 11.4. The van der Waals surface area contributed by atoms with Crippen molar-refractivity contribution in [1.29, 1.82) is 0 Å². The summed E-state index contributed by atoms with van der Waals surface area (Å²) in [4.78, 5) is 11.3. The Kier molecular flexibility index (Phi) is 5.06. The Morgan fingerprint density at radius 2 is 2.07 bits per heavy atom. The van der Waals surface area contributed by atoms with Gasteiger partial charge in [0.1, 0.15) is 5.38 Å². The SMILES string of the molecule is O=C(O)C(Cl)CSc1ccc(Cl)c(Cl)c1. The number of aliphatic carboxylic acids is 1. The predicted molar refractivity (Wildman–Crippen MR) is 64.5 cm³/mol. The molecule has 1 aromatic rings. The second-order valence-corrected chi connectivity index (χ2v) is 5.13. The molecule has 0 saturated heterocycles. The second kappa shape index (κ2) is 5.85. The van der Waals surface area contributed by atoms with E-state index in [1.807, 2.05) is 0 Å². The molecule has 0 spiro atoms. The number of rotatable bonds is 4. The molecule has 0 amide bonds. The van der Waals surface area contributed by atoms with Gasteiger partial charge in [0.2, 0.25) is 0 Å². The van der Waals surface area contributed by atoms with Crippen LogP contribution in [0.5, 0.6) is 0 Å². The van der Waals surface area contributed by atoms with Crippen molar-refractivity contribution < 1.29 is 9.90 Å². The van der Waals surface area contributed by atoms with Crippen molar-refractivity contribution in [3.05, 3.63) is 28.2 Å². The highest BCUT2D eigenvalue weighted by Gasteiger charge is 2.13. The van der Waals surface area contributed by atoms with E-state index in [2.05, 4.69) is 0 Å². The van der Waals surface area contributed by atoms with E-state index in [0.29, 0.717) is 10.0 Å². The molecule has 2 nitrogen and oxygen atoms in total. The van der Waals surface area contributed by atoms with Gasteiger partial charge in [0.05, 0.1) is 10.0 Å². The average molecular weight is 286 g/mol. The van der Waals surface area contributed by atoms with E-state index in [1.54, 1.807) is 18.2 Å². The fourth-order valence-corrected chi connectivity index (χ4v) is 2.21. The third-order valence-corrected chi connectivity index (χ3v) is 3.91. The number of halogens is 3. The molecule has 6 heteroatoms. The molecule has 1 aromatic carbocycles. The van der Waals surface area contributed by atoms with Gasteiger partial charge in [-0.1, -0.05) is 23.2 Å². The molecule has 1 rings (SSSR count). The number of alkyl halides is 1. The normalized spacial score (nSPS) is 12.5. The van der Waals surface area contributed by atoms with Crippen LogP contribution in [0.3, 0.4) is 0 Å². The van der Waals surface area contributed by atoms with Crippen molar-refractivity contribution in [2.24, 2.45) is 0 Å². The molecule has 0 fully saturated rings. The van der Waals surface area contributed by atoms with Gasteiger partial charge in [0.25, 0.3) is 0 Å². The smallest absolute Gasteiger partial charge is 0.322 e. The van der Waals surface area contributed by atoms with Gasteiger partial charge >= 0.3 is 5.97 Å². The predicted octanol–water partition coefficient (Wildman–Crippen LogP) is 3.78. The highest BCUT2D eigenvalue weighted by atomic mass is 35.5. The van der Waals surface area contributed by atoms with Crippen molar-refractivity contribution in [1.82, 2.24) is 0 Å². The van der Waals surface area contributed by atoms with E-state index < -0.39 is 11.3 Å². The Morgan fingerprint density at radius 1 is 1.40 bits per heavy atom. The molecule has 0 radical (unpaired) electrons. The maximum absolute atomic E-state index is 10.4. The summed E-state index contributed by atoms with van der Waals surface area (Å²) in [6.45, 7) is 0. The van der Waals surface area contributed by atoms with Crippen LogP contribution in [0, 0.1) is 0 Å². The summed E-state index contributed by atoms with van der Waals surface area (Å²) in [5, 5.41) is 8.59. The van der Waals surface area contributed by atoms with Crippen molar-refractivity contribution in [3.8, 4) is 0 Å². The lowest BCUT2D eigenvalue weighted by molar-refractivity contribution is -0.136. The molecule has 1 unspecified atom stereocenters. The number of thioether (sulfide) groups is 1. The van der Waals surface area contributed by atoms with E-state index in [-0.39, 0.29) is 5.75 Å². The Morgan fingerprint density at radius 3 is 2.60 bits per heavy atom. The van der Waals surface area contributed by atoms with E-state index in [4.69, 9.17) is 39.9 Å². The average Bonchev–Trinajstić information content (AvgIpc) is 2.19. The van der Waals surface area contributed by atoms with Crippen LogP contribution >= 0.6 is 46.6 Å². The molecule has 15 heavy (non-hydrogen) atoms. The molecule has 0 aliphatic heterocycles. The topological polar surface area (TPSA) is 37.3 Å². The molecule has 0 bridgehead atoms. The summed E-state index contributed by atoms with van der Waals surface area (Å²) >= 11 is 18.4. The summed E-state index contributed by atoms with van der Waals surface area (Å²) in [6, 6.07) is 5.11. The van der Waals surface area contributed by atoms with Crippen LogP contribution in [0.4, 0.5) is 0 Å². The summed E-state index contributed by atoms with van der Waals surface area (Å²) in [5.41, 5.74) is 0. The van der Waals surface area contributed by atoms with Gasteiger partial charge in [-0.3, -0.25) is 4.79 Å². The van der Waals surface area contributed by atoms with E-state index in [9.17, 15) is 4.79 Å². The highest BCUT2D eigenvalue weighted by molar-refractivity contribution is 7.99. The first-order chi connectivity index (χ1) is 7.00. The maximum atomic E-state index is 10.4. The number of hydrogen-bond donors (Lipinski definition) is 1. The first kappa shape index (κ1) is 13.0. The van der Waals surface area contributed by atoms with Crippen LogP contribution < -0.4 is 0 Å². The minimum atomic E-state index is -1.02. The van der Waals surface area contributed by atoms with Gasteiger partial charge in [0, 0.05) is 10.6 Å². The maximum Gasteiger partial charge on any atom is 0.322 e. The van der Waals surface area contributed by atoms with Gasteiger partial charge < -0.3 is 5.11 Å². The van der Waals surface area contributed by atoms with Gasteiger partial charge in [-0.25, -0.2) is 0 Å². The van der Waals surface area contributed by atoms with E-state index in [0.717, 1.165) is 4.90 Å². The van der Waals surface area contributed by atoms with Crippen LogP contribution in [0.1, 0.15) is 0 Å². The molecule has 0 aliphatic carbocycles. The Balaban J connectivity index is 2.58. The molecular formula is C9H7Cl3O2S. The van der Waals surface area contributed by atoms with Gasteiger partial charge in [-0.15, -0.1) is 23.4 Å². The molecular weight excluding hydrogens is 279 g/mol.